The molecule has 0 aliphatic rings. The minimum atomic E-state index is 0.285. The topological polar surface area (TPSA) is 105 Å². The van der Waals surface area contributed by atoms with Crippen LogP contribution in [0.15, 0.2) is 24.8 Å². The Morgan fingerprint density at radius 2 is 2.24 bits per heavy atom. The average molecular weight is 229 g/mol. The predicted octanol–water partition coefficient (Wildman–Crippen LogP) is 0.239. The van der Waals surface area contributed by atoms with E-state index in [1.807, 2.05) is 6.07 Å². The van der Waals surface area contributed by atoms with Crippen LogP contribution in [0.2, 0.25) is 0 Å². The van der Waals surface area contributed by atoms with Crippen molar-refractivity contribution in [1.82, 2.24) is 19.7 Å². The molecule has 0 amide bonds. The molecule has 0 atom stereocenters. The molecule has 0 radical (unpaired) electrons. The summed E-state index contributed by atoms with van der Waals surface area (Å²) in [6.07, 6.45) is 6.35. The van der Waals surface area contributed by atoms with Gasteiger partial charge in [-0.3, -0.25) is 4.68 Å². The molecule has 0 saturated heterocycles. The summed E-state index contributed by atoms with van der Waals surface area (Å²) in [5.74, 6) is 0.482. The van der Waals surface area contributed by atoms with Gasteiger partial charge in [-0.05, 0) is 0 Å². The molecule has 0 aliphatic carbocycles. The summed E-state index contributed by atoms with van der Waals surface area (Å²) < 4.78 is 1.71. The normalized spacial score (nSPS) is 9.82. The third-order valence-corrected chi connectivity index (χ3v) is 2.09. The lowest BCUT2D eigenvalue weighted by Crippen LogP contribution is -2.12. The largest absolute Gasteiger partial charge is 0.396 e. The number of aromatic nitrogens is 4. The Morgan fingerprint density at radius 1 is 1.41 bits per heavy atom. The fraction of sp³-hybridized carbons (Fsp3) is 0.200. The van der Waals surface area contributed by atoms with Gasteiger partial charge in [-0.1, -0.05) is 0 Å². The summed E-state index contributed by atoms with van der Waals surface area (Å²) in [4.78, 5) is 7.93. The highest BCUT2D eigenvalue weighted by Crippen LogP contribution is 2.05. The fourth-order valence-electron chi connectivity index (χ4n) is 1.34. The van der Waals surface area contributed by atoms with E-state index in [0.29, 0.717) is 24.6 Å². The molecular weight excluding hydrogens is 218 g/mol. The van der Waals surface area contributed by atoms with Crippen molar-refractivity contribution in [3.8, 4) is 6.07 Å². The lowest BCUT2D eigenvalue weighted by atomic mass is 10.4. The second-order valence-electron chi connectivity index (χ2n) is 3.33. The number of rotatable bonds is 4. The van der Waals surface area contributed by atoms with Crippen LogP contribution < -0.4 is 11.1 Å². The maximum atomic E-state index is 8.81. The summed E-state index contributed by atoms with van der Waals surface area (Å²) in [6.45, 7) is 1.23. The fourth-order valence-corrected chi connectivity index (χ4v) is 1.34. The highest BCUT2D eigenvalue weighted by molar-refractivity contribution is 5.46. The zero-order chi connectivity index (χ0) is 12.1. The van der Waals surface area contributed by atoms with Gasteiger partial charge in [0.15, 0.2) is 11.5 Å². The maximum absolute atomic E-state index is 8.81. The zero-order valence-corrected chi connectivity index (χ0v) is 9.04. The van der Waals surface area contributed by atoms with Gasteiger partial charge in [-0.2, -0.15) is 10.4 Å². The number of nitrogens with two attached hydrogens (primary N) is 1. The monoisotopic (exact) mass is 229 g/mol. The molecule has 0 unspecified atom stereocenters. The summed E-state index contributed by atoms with van der Waals surface area (Å²) in [6, 6.07) is 1.97. The van der Waals surface area contributed by atoms with Crippen LogP contribution in [0.1, 0.15) is 5.69 Å². The molecule has 0 bridgehead atoms. The second-order valence-corrected chi connectivity index (χ2v) is 3.33. The van der Waals surface area contributed by atoms with Gasteiger partial charge in [0, 0.05) is 25.1 Å². The Labute approximate surface area is 97.9 Å². The summed E-state index contributed by atoms with van der Waals surface area (Å²) in [7, 11) is 0. The third-order valence-electron chi connectivity index (χ3n) is 2.09. The number of nitrogen functional groups attached to an aromatic ring is 1. The molecule has 0 spiro atoms. The lowest BCUT2D eigenvalue weighted by molar-refractivity contribution is 0.637. The number of nitrogens with one attached hydrogen (secondary N) is 1. The van der Waals surface area contributed by atoms with Crippen molar-refractivity contribution in [2.45, 2.75) is 6.54 Å². The van der Waals surface area contributed by atoms with Crippen LogP contribution in [0.4, 0.5) is 11.5 Å². The maximum Gasteiger partial charge on any atom is 0.182 e. The Bertz CT molecular complexity index is 540. The van der Waals surface area contributed by atoms with Crippen LogP contribution in [0.3, 0.4) is 0 Å². The molecule has 0 saturated carbocycles. The van der Waals surface area contributed by atoms with Gasteiger partial charge in [0.1, 0.15) is 6.07 Å². The van der Waals surface area contributed by atoms with Crippen LogP contribution >= 0.6 is 0 Å². The molecular formula is C10H11N7. The molecule has 3 N–H and O–H groups in total. The van der Waals surface area contributed by atoms with Gasteiger partial charge < -0.3 is 11.1 Å². The number of nitriles is 1. The first-order valence-electron chi connectivity index (χ1n) is 5.02. The Hall–Kier alpha value is -2.62. The van der Waals surface area contributed by atoms with E-state index in [0.717, 1.165) is 0 Å². The van der Waals surface area contributed by atoms with E-state index in [2.05, 4.69) is 20.4 Å². The highest BCUT2D eigenvalue weighted by atomic mass is 15.3. The Morgan fingerprint density at radius 3 is 2.94 bits per heavy atom. The van der Waals surface area contributed by atoms with Crippen molar-refractivity contribution in [3.05, 3.63) is 30.5 Å². The SMILES string of the molecule is N#Cc1nccnc1NCCn1cc(N)cn1. The first-order chi connectivity index (χ1) is 8.29. The lowest BCUT2D eigenvalue weighted by Gasteiger charge is -2.05. The first kappa shape index (κ1) is 10.9. The highest BCUT2D eigenvalue weighted by Gasteiger charge is 2.02. The van der Waals surface area contributed by atoms with Crippen molar-refractivity contribution in [3.63, 3.8) is 0 Å². The molecule has 2 heterocycles. The Balaban J connectivity index is 1.92. The minimum absolute atomic E-state index is 0.285. The molecule has 0 fully saturated rings. The summed E-state index contributed by atoms with van der Waals surface area (Å²) in [5, 5.41) is 15.9. The molecule has 0 aromatic carbocycles. The molecule has 86 valence electrons. The average Bonchev–Trinajstić information content (AvgIpc) is 2.76. The van der Waals surface area contributed by atoms with Gasteiger partial charge in [0.05, 0.1) is 18.4 Å². The van der Waals surface area contributed by atoms with Crippen molar-refractivity contribution < 1.29 is 0 Å². The number of hydrogen-bond donors (Lipinski definition) is 2. The van der Waals surface area contributed by atoms with Gasteiger partial charge in [-0.25, -0.2) is 9.97 Å². The molecule has 2 aromatic rings. The minimum Gasteiger partial charge on any atom is -0.396 e. The van der Waals surface area contributed by atoms with E-state index < -0.39 is 0 Å². The van der Waals surface area contributed by atoms with Crippen molar-refractivity contribution in [2.24, 2.45) is 0 Å². The van der Waals surface area contributed by atoms with Crippen molar-refractivity contribution in [1.29, 1.82) is 5.26 Å². The number of hydrogen-bond acceptors (Lipinski definition) is 6. The Kier molecular flexibility index (Phi) is 3.16. The van der Waals surface area contributed by atoms with E-state index in [1.54, 1.807) is 17.1 Å². The van der Waals surface area contributed by atoms with Gasteiger partial charge in [-0.15, -0.1) is 0 Å². The smallest absolute Gasteiger partial charge is 0.182 e. The molecule has 17 heavy (non-hydrogen) atoms. The van der Waals surface area contributed by atoms with E-state index in [9.17, 15) is 0 Å². The molecule has 7 heteroatoms. The van der Waals surface area contributed by atoms with Crippen molar-refractivity contribution >= 4 is 11.5 Å². The van der Waals surface area contributed by atoms with Crippen molar-refractivity contribution in [2.75, 3.05) is 17.6 Å². The quantitative estimate of drug-likeness (QED) is 0.777. The molecule has 2 rings (SSSR count). The summed E-state index contributed by atoms with van der Waals surface area (Å²) in [5.41, 5.74) is 6.45. The van der Waals surface area contributed by atoms with Crippen LogP contribution in [-0.2, 0) is 6.54 Å². The van der Waals surface area contributed by atoms with Gasteiger partial charge >= 0.3 is 0 Å². The van der Waals surface area contributed by atoms with Gasteiger partial charge in [0.2, 0.25) is 0 Å². The van der Waals surface area contributed by atoms with E-state index in [1.165, 1.54) is 12.4 Å². The van der Waals surface area contributed by atoms with E-state index in [-0.39, 0.29) is 5.69 Å². The number of anilines is 2. The molecule has 7 nitrogen and oxygen atoms in total. The zero-order valence-electron chi connectivity index (χ0n) is 9.04. The first-order valence-corrected chi connectivity index (χ1v) is 5.02. The van der Waals surface area contributed by atoms with Crippen LogP contribution in [0.25, 0.3) is 0 Å². The van der Waals surface area contributed by atoms with Crippen LogP contribution in [0.5, 0.6) is 0 Å². The van der Waals surface area contributed by atoms with Crippen LogP contribution in [0, 0.1) is 11.3 Å². The second kappa shape index (κ2) is 4.94. The summed E-state index contributed by atoms with van der Waals surface area (Å²) >= 11 is 0. The van der Waals surface area contributed by atoms with Gasteiger partial charge in [0.25, 0.3) is 0 Å². The molecule has 0 aliphatic heterocycles. The van der Waals surface area contributed by atoms with Crippen LogP contribution in [-0.4, -0.2) is 26.3 Å². The number of nitrogens with zero attached hydrogens (tertiary/aromatic N) is 5. The molecule has 2 aromatic heterocycles. The predicted molar refractivity (Wildman–Crippen MR) is 61.9 cm³/mol. The van der Waals surface area contributed by atoms with E-state index >= 15 is 0 Å². The standard InChI is InChI=1S/C10H11N7/c11-5-9-10(14-2-1-13-9)15-3-4-17-7-8(12)6-16-17/h1-2,6-7H,3-4,12H2,(H,14,15). The third kappa shape index (κ3) is 2.69. The van der Waals surface area contributed by atoms with E-state index in [4.69, 9.17) is 11.0 Å².